The Hall–Kier alpha value is -0.0800. The molecule has 2 fully saturated rings. The van der Waals surface area contributed by atoms with Crippen molar-refractivity contribution in [1.82, 2.24) is 0 Å². The summed E-state index contributed by atoms with van der Waals surface area (Å²) in [6.45, 7) is 4.93. The van der Waals surface area contributed by atoms with Gasteiger partial charge in [-0.3, -0.25) is 0 Å². The van der Waals surface area contributed by atoms with E-state index in [9.17, 15) is 0 Å². The Labute approximate surface area is 87.0 Å². The van der Waals surface area contributed by atoms with Gasteiger partial charge >= 0.3 is 0 Å². The van der Waals surface area contributed by atoms with Crippen molar-refractivity contribution in [2.75, 3.05) is 6.61 Å². The molecule has 1 saturated carbocycles. The molecule has 0 radical (unpaired) electrons. The summed E-state index contributed by atoms with van der Waals surface area (Å²) in [5, 5.41) is 0. The van der Waals surface area contributed by atoms with Crippen molar-refractivity contribution < 1.29 is 9.47 Å². The van der Waals surface area contributed by atoms with E-state index in [0.29, 0.717) is 6.10 Å². The molecule has 1 heterocycles. The van der Waals surface area contributed by atoms with Crippen LogP contribution in [-0.4, -0.2) is 18.5 Å². The van der Waals surface area contributed by atoms with Crippen molar-refractivity contribution in [3.63, 3.8) is 0 Å². The maximum atomic E-state index is 5.99. The van der Waals surface area contributed by atoms with Crippen LogP contribution in [0.5, 0.6) is 0 Å². The Morgan fingerprint density at radius 1 is 1.00 bits per heavy atom. The summed E-state index contributed by atoms with van der Waals surface area (Å²) in [5.41, 5.74) is 0. The van der Waals surface area contributed by atoms with Crippen LogP contribution < -0.4 is 0 Å². The van der Waals surface area contributed by atoms with Gasteiger partial charge in [-0.1, -0.05) is 19.3 Å². The highest BCUT2D eigenvalue weighted by Gasteiger charge is 2.34. The van der Waals surface area contributed by atoms with Gasteiger partial charge < -0.3 is 9.47 Å². The van der Waals surface area contributed by atoms with Crippen LogP contribution in [-0.2, 0) is 9.47 Å². The Balaban J connectivity index is 1.89. The summed E-state index contributed by atoms with van der Waals surface area (Å²) in [5.74, 6) is 0.451. The van der Waals surface area contributed by atoms with Gasteiger partial charge in [-0.2, -0.15) is 0 Å². The molecule has 0 N–H and O–H groups in total. The first-order valence-corrected chi connectivity index (χ1v) is 5.99. The zero-order valence-electron chi connectivity index (χ0n) is 9.42. The highest BCUT2D eigenvalue weighted by molar-refractivity contribution is 4.78. The maximum Gasteiger partial charge on any atom is 0.163 e. The molecule has 1 aliphatic heterocycles. The van der Waals surface area contributed by atoms with Crippen molar-refractivity contribution in [1.29, 1.82) is 0 Å². The fourth-order valence-corrected chi connectivity index (χ4v) is 2.72. The largest absolute Gasteiger partial charge is 0.350 e. The molecule has 2 heteroatoms. The third-order valence-electron chi connectivity index (χ3n) is 3.46. The van der Waals surface area contributed by atoms with E-state index >= 15 is 0 Å². The normalized spacial score (nSPS) is 34.3. The molecule has 0 amide bonds. The van der Waals surface area contributed by atoms with Crippen LogP contribution in [0.4, 0.5) is 0 Å². The predicted octanol–water partition coefficient (Wildman–Crippen LogP) is 3.11. The Bertz CT molecular complexity index is 183. The van der Waals surface area contributed by atoms with Crippen LogP contribution in [0, 0.1) is 5.92 Å². The second-order valence-electron chi connectivity index (χ2n) is 5.09. The quantitative estimate of drug-likeness (QED) is 0.644. The van der Waals surface area contributed by atoms with Crippen molar-refractivity contribution >= 4 is 0 Å². The van der Waals surface area contributed by atoms with Crippen molar-refractivity contribution in [2.24, 2.45) is 5.92 Å². The van der Waals surface area contributed by atoms with Gasteiger partial charge in [0.25, 0.3) is 0 Å². The van der Waals surface area contributed by atoms with Crippen LogP contribution in [0.1, 0.15) is 52.4 Å². The second-order valence-corrected chi connectivity index (χ2v) is 5.09. The van der Waals surface area contributed by atoms with E-state index in [1.807, 2.05) is 13.8 Å². The van der Waals surface area contributed by atoms with Crippen molar-refractivity contribution in [3.05, 3.63) is 0 Å². The summed E-state index contributed by atoms with van der Waals surface area (Å²) < 4.78 is 11.6. The monoisotopic (exact) mass is 198 g/mol. The number of hydrogen-bond donors (Lipinski definition) is 0. The van der Waals surface area contributed by atoms with E-state index in [-0.39, 0.29) is 5.79 Å². The second kappa shape index (κ2) is 4.19. The Morgan fingerprint density at radius 3 is 2.36 bits per heavy atom. The number of rotatable bonds is 1. The summed E-state index contributed by atoms with van der Waals surface area (Å²) in [6.07, 6.45) is 8.48. The molecule has 2 rings (SSSR count). The lowest BCUT2D eigenvalue weighted by atomic mass is 9.84. The molecule has 0 aromatic heterocycles. The lowest BCUT2D eigenvalue weighted by molar-refractivity contribution is -0.283. The molecule has 0 aromatic rings. The lowest BCUT2D eigenvalue weighted by Gasteiger charge is -2.40. The molecule has 1 saturated heterocycles. The van der Waals surface area contributed by atoms with E-state index in [4.69, 9.17) is 9.47 Å². The smallest absolute Gasteiger partial charge is 0.163 e. The fraction of sp³-hybridized carbons (Fsp3) is 1.00. The minimum atomic E-state index is -0.347. The predicted molar refractivity (Wildman–Crippen MR) is 56.1 cm³/mol. The van der Waals surface area contributed by atoms with Gasteiger partial charge in [0.15, 0.2) is 5.79 Å². The third-order valence-corrected chi connectivity index (χ3v) is 3.46. The molecule has 1 unspecified atom stereocenters. The van der Waals surface area contributed by atoms with Crippen LogP contribution in [0.25, 0.3) is 0 Å². The Morgan fingerprint density at radius 2 is 1.71 bits per heavy atom. The van der Waals surface area contributed by atoms with E-state index in [2.05, 4.69) is 0 Å². The minimum absolute atomic E-state index is 0.347. The van der Waals surface area contributed by atoms with E-state index in [1.54, 1.807) is 0 Å². The zero-order valence-corrected chi connectivity index (χ0v) is 9.42. The summed E-state index contributed by atoms with van der Waals surface area (Å²) in [7, 11) is 0. The van der Waals surface area contributed by atoms with Gasteiger partial charge in [0.05, 0.1) is 12.7 Å². The Kier molecular flexibility index (Phi) is 3.13. The average molecular weight is 198 g/mol. The van der Waals surface area contributed by atoms with E-state index < -0.39 is 0 Å². The minimum Gasteiger partial charge on any atom is -0.350 e. The summed E-state index contributed by atoms with van der Waals surface area (Å²) in [4.78, 5) is 0. The molecule has 1 aliphatic carbocycles. The topological polar surface area (TPSA) is 18.5 Å². The van der Waals surface area contributed by atoms with Gasteiger partial charge in [0, 0.05) is 0 Å². The molecule has 0 spiro atoms. The van der Waals surface area contributed by atoms with Gasteiger partial charge in [0.2, 0.25) is 0 Å². The van der Waals surface area contributed by atoms with Crippen LogP contribution in [0.15, 0.2) is 0 Å². The molecule has 82 valence electrons. The first-order chi connectivity index (χ1) is 6.67. The van der Waals surface area contributed by atoms with Crippen LogP contribution >= 0.6 is 0 Å². The first-order valence-electron chi connectivity index (χ1n) is 5.99. The van der Waals surface area contributed by atoms with Gasteiger partial charge in [-0.25, -0.2) is 0 Å². The first kappa shape index (κ1) is 10.4. The lowest BCUT2D eigenvalue weighted by Crippen LogP contribution is -2.43. The SMILES string of the molecule is CC1(C)OCCC(C2CCCCC2)O1. The van der Waals surface area contributed by atoms with E-state index in [0.717, 1.165) is 18.9 Å². The molecule has 2 aliphatic rings. The van der Waals surface area contributed by atoms with Gasteiger partial charge in [-0.15, -0.1) is 0 Å². The summed E-state index contributed by atoms with van der Waals surface area (Å²) >= 11 is 0. The molecule has 1 atom stereocenters. The van der Waals surface area contributed by atoms with Crippen LogP contribution in [0.2, 0.25) is 0 Å². The highest BCUT2D eigenvalue weighted by atomic mass is 16.7. The molecule has 2 nitrogen and oxygen atoms in total. The highest BCUT2D eigenvalue weighted by Crippen LogP contribution is 2.34. The average Bonchev–Trinajstić information content (AvgIpc) is 2.18. The molecule has 0 bridgehead atoms. The fourth-order valence-electron chi connectivity index (χ4n) is 2.72. The zero-order chi connectivity index (χ0) is 10.0. The molecular formula is C12H22O2. The molecule has 0 aromatic carbocycles. The van der Waals surface area contributed by atoms with Crippen molar-refractivity contribution in [3.8, 4) is 0 Å². The van der Waals surface area contributed by atoms with E-state index in [1.165, 1.54) is 32.1 Å². The van der Waals surface area contributed by atoms with Crippen molar-refractivity contribution in [2.45, 2.75) is 64.3 Å². The van der Waals surface area contributed by atoms with Gasteiger partial charge in [0.1, 0.15) is 0 Å². The standard InChI is InChI=1S/C12H22O2/c1-12(2)13-9-8-11(14-12)10-6-4-3-5-7-10/h10-11H,3-9H2,1-2H3. The maximum absolute atomic E-state index is 5.99. The molecule has 14 heavy (non-hydrogen) atoms. The number of hydrogen-bond acceptors (Lipinski definition) is 2. The molecular weight excluding hydrogens is 176 g/mol. The third kappa shape index (κ3) is 2.48. The number of ether oxygens (including phenoxy) is 2. The summed E-state index contributed by atoms with van der Waals surface area (Å²) in [6, 6.07) is 0. The van der Waals surface area contributed by atoms with Gasteiger partial charge in [-0.05, 0) is 39.0 Å². The van der Waals surface area contributed by atoms with Crippen LogP contribution in [0.3, 0.4) is 0 Å².